The molecule has 0 saturated carbocycles. The van der Waals surface area contributed by atoms with E-state index in [9.17, 15) is 31.1 Å². The van der Waals surface area contributed by atoms with Gasteiger partial charge in [0.25, 0.3) is 5.91 Å². The highest BCUT2D eigenvalue weighted by atomic mass is 19.4. The summed E-state index contributed by atoms with van der Waals surface area (Å²) in [6.07, 6.45) is -6.30. The number of hydrogen-bond acceptors (Lipinski definition) is 3. The highest BCUT2D eigenvalue weighted by Crippen LogP contribution is 2.37. The van der Waals surface area contributed by atoms with Crippen molar-refractivity contribution in [3.05, 3.63) is 113 Å². The lowest BCUT2D eigenvalue weighted by Gasteiger charge is -2.42. The molecule has 10 heteroatoms. The molecule has 1 aliphatic heterocycles. The molecular weight excluding hydrogens is 532 g/mol. The Morgan fingerprint density at radius 3 is 2.15 bits per heavy atom. The molecule has 208 valence electrons. The fourth-order valence-corrected chi connectivity index (χ4v) is 5.14. The number of nitrogens with zero attached hydrogens (tertiary/aromatic N) is 3. The second kappa shape index (κ2) is 10.9. The predicted octanol–water partition coefficient (Wildman–Crippen LogP) is 6.84. The van der Waals surface area contributed by atoms with E-state index in [0.717, 1.165) is 21.9 Å². The summed E-state index contributed by atoms with van der Waals surface area (Å²) in [7, 11) is 0. The van der Waals surface area contributed by atoms with Crippen molar-refractivity contribution in [1.29, 1.82) is 0 Å². The van der Waals surface area contributed by atoms with Gasteiger partial charge in [-0.3, -0.25) is 14.7 Å². The van der Waals surface area contributed by atoms with Crippen LogP contribution in [0.25, 0.3) is 10.8 Å². The number of amides is 1. The van der Waals surface area contributed by atoms with Crippen LogP contribution < -0.4 is 0 Å². The number of carbonyl (C=O) groups is 1. The Bertz CT molecular complexity index is 1470. The van der Waals surface area contributed by atoms with Crippen LogP contribution in [0.2, 0.25) is 0 Å². The highest BCUT2D eigenvalue weighted by molar-refractivity contribution is 5.95. The van der Waals surface area contributed by atoms with Crippen LogP contribution in [-0.4, -0.2) is 46.4 Å². The summed E-state index contributed by atoms with van der Waals surface area (Å²) in [5.41, 5.74) is -1.78. The monoisotopic (exact) mass is 557 g/mol. The molecule has 4 aromatic rings. The van der Waals surface area contributed by atoms with Crippen LogP contribution in [0.15, 0.2) is 85.2 Å². The molecule has 1 fully saturated rings. The summed E-state index contributed by atoms with van der Waals surface area (Å²) in [4.78, 5) is 21.2. The molecule has 0 aliphatic carbocycles. The first-order valence-corrected chi connectivity index (χ1v) is 12.7. The minimum absolute atomic E-state index is 0.0369. The number of halogens is 6. The zero-order chi connectivity index (χ0) is 28.5. The van der Waals surface area contributed by atoms with Gasteiger partial charge in [-0.2, -0.15) is 26.3 Å². The van der Waals surface area contributed by atoms with Gasteiger partial charge < -0.3 is 4.90 Å². The maximum Gasteiger partial charge on any atom is 0.416 e. The number of rotatable bonds is 5. The molecule has 0 spiro atoms. The fraction of sp³-hybridized carbons (Fsp3) is 0.267. The van der Waals surface area contributed by atoms with E-state index in [1.165, 1.54) is 4.90 Å². The van der Waals surface area contributed by atoms with Crippen molar-refractivity contribution in [2.45, 2.75) is 31.4 Å². The van der Waals surface area contributed by atoms with Gasteiger partial charge in [0.05, 0.1) is 11.1 Å². The van der Waals surface area contributed by atoms with E-state index >= 15 is 0 Å². The van der Waals surface area contributed by atoms with Crippen molar-refractivity contribution in [3.8, 4) is 0 Å². The van der Waals surface area contributed by atoms with Gasteiger partial charge in [0, 0.05) is 50.2 Å². The Hall–Kier alpha value is -3.92. The molecule has 0 bridgehead atoms. The molecule has 2 heterocycles. The van der Waals surface area contributed by atoms with E-state index < -0.39 is 41.0 Å². The SMILES string of the molecule is O=C(c1cc(C(F)(F)F)cc(C(F)(F)F)c1)N1CCN(Cc2cccnc2)CC1Cc1ccc2ccccc2c1. The smallest absolute Gasteiger partial charge is 0.333 e. The van der Waals surface area contributed by atoms with Gasteiger partial charge in [-0.1, -0.05) is 48.5 Å². The molecule has 1 aromatic heterocycles. The molecule has 1 atom stereocenters. The molecule has 40 heavy (non-hydrogen) atoms. The molecule has 0 N–H and O–H groups in total. The zero-order valence-corrected chi connectivity index (χ0v) is 21.2. The first-order valence-electron chi connectivity index (χ1n) is 12.7. The maximum atomic E-state index is 13.6. The van der Waals surface area contributed by atoms with Crippen LogP contribution in [-0.2, 0) is 25.3 Å². The van der Waals surface area contributed by atoms with Gasteiger partial charge in [0.2, 0.25) is 0 Å². The Morgan fingerprint density at radius 2 is 1.50 bits per heavy atom. The quantitative estimate of drug-likeness (QED) is 0.252. The molecule has 1 aliphatic rings. The number of fused-ring (bicyclic) bond motifs is 1. The van der Waals surface area contributed by atoms with Crippen LogP contribution in [0.5, 0.6) is 0 Å². The molecular formula is C30H25F6N3O. The number of pyridine rings is 1. The summed E-state index contributed by atoms with van der Waals surface area (Å²) in [6.45, 7) is 1.49. The normalized spacial score (nSPS) is 16.9. The average Bonchev–Trinajstić information content (AvgIpc) is 2.92. The van der Waals surface area contributed by atoms with Crippen LogP contribution in [0.4, 0.5) is 26.3 Å². The van der Waals surface area contributed by atoms with Crippen molar-refractivity contribution in [2.24, 2.45) is 0 Å². The van der Waals surface area contributed by atoms with Crippen molar-refractivity contribution in [2.75, 3.05) is 19.6 Å². The standard InChI is InChI=1S/C30H25F6N3O/c31-29(32,33)25-14-24(15-26(16-25)30(34,35)36)28(40)39-11-10-38(18-21-4-3-9-37-17-21)19-27(39)13-20-7-8-22-5-1-2-6-23(22)12-20/h1-9,12,14-17,27H,10-11,13,18-19H2. The van der Waals surface area contributed by atoms with Crippen molar-refractivity contribution >= 4 is 16.7 Å². The number of aromatic nitrogens is 1. The van der Waals surface area contributed by atoms with Gasteiger partial charge in [-0.15, -0.1) is 0 Å². The second-order valence-corrected chi connectivity index (χ2v) is 9.93. The summed E-state index contributed by atoms with van der Waals surface area (Å²) < 4.78 is 80.9. The number of hydrogen-bond donors (Lipinski definition) is 0. The van der Waals surface area contributed by atoms with E-state index in [-0.39, 0.29) is 12.6 Å². The minimum Gasteiger partial charge on any atom is -0.333 e. The number of benzene rings is 3. The van der Waals surface area contributed by atoms with E-state index in [4.69, 9.17) is 0 Å². The summed E-state index contributed by atoms with van der Waals surface area (Å²) in [5, 5.41) is 2.03. The Kier molecular flexibility index (Phi) is 7.55. The summed E-state index contributed by atoms with van der Waals surface area (Å²) in [5.74, 6) is -0.858. The molecule has 1 amide bonds. The largest absolute Gasteiger partial charge is 0.416 e. The Morgan fingerprint density at radius 1 is 0.800 bits per heavy atom. The Labute approximate surface area is 226 Å². The maximum absolute atomic E-state index is 13.6. The van der Waals surface area contributed by atoms with Gasteiger partial charge >= 0.3 is 12.4 Å². The zero-order valence-electron chi connectivity index (χ0n) is 21.2. The van der Waals surface area contributed by atoms with Gasteiger partial charge in [-0.05, 0) is 52.6 Å². The van der Waals surface area contributed by atoms with Gasteiger partial charge in [0.15, 0.2) is 0 Å². The molecule has 3 aromatic carbocycles. The second-order valence-electron chi connectivity index (χ2n) is 9.93. The third-order valence-electron chi connectivity index (χ3n) is 7.08. The lowest BCUT2D eigenvalue weighted by atomic mass is 9.97. The lowest BCUT2D eigenvalue weighted by molar-refractivity contribution is -0.143. The summed E-state index contributed by atoms with van der Waals surface area (Å²) >= 11 is 0. The van der Waals surface area contributed by atoms with Gasteiger partial charge in [-0.25, -0.2) is 0 Å². The molecule has 0 radical (unpaired) electrons. The lowest BCUT2D eigenvalue weighted by Crippen LogP contribution is -2.55. The highest BCUT2D eigenvalue weighted by Gasteiger charge is 2.39. The third kappa shape index (κ3) is 6.28. The fourth-order valence-electron chi connectivity index (χ4n) is 5.14. The number of alkyl halides is 6. The van der Waals surface area contributed by atoms with Crippen LogP contribution in [0, 0.1) is 0 Å². The van der Waals surface area contributed by atoms with E-state index in [1.807, 2.05) is 54.6 Å². The number of carbonyl (C=O) groups excluding carboxylic acids is 1. The first kappa shape index (κ1) is 27.6. The predicted molar refractivity (Wildman–Crippen MR) is 138 cm³/mol. The van der Waals surface area contributed by atoms with Gasteiger partial charge in [0.1, 0.15) is 0 Å². The molecule has 5 rings (SSSR count). The van der Waals surface area contributed by atoms with Crippen molar-refractivity contribution in [1.82, 2.24) is 14.8 Å². The van der Waals surface area contributed by atoms with E-state index in [0.29, 0.717) is 38.2 Å². The summed E-state index contributed by atoms with van der Waals surface area (Å²) in [6, 6.07) is 17.9. The molecule has 1 saturated heterocycles. The van der Waals surface area contributed by atoms with Crippen molar-refractivity contribution < 1.29 is 31.1 Å². The van der Waals surface area contributed by atoms with Crippen LogP contribution >= 0.6 is 0 Å². The Balaban J connectivity index is 1.48. The average molecular weight is 558 g/mol. The first-order chi connectivity index (χ1) is 19.0. The van der Waals surface area contributed by atoms with E-state index in [2.05, 4.69) is 9.88 Å². The molecule has 1 unspecified atom stereocenters. The van der Waals surface area contributed by atoms with E-state index in [1.54, 1.807) is 12.4 Å². The molecule has 4 nitrogen and oxygen atoms in total. The van der Waals surface area contributed by atoms with Crippen LogP contribution in [0.3, 0.4) is 0 Å². The third-order valence-corrected chi connectivity index (χ3v) is 7.08. The minimum atomic E-state index is -5.04. The van der Waals surface area contributed by atoms with Crippen LogP contribution in [0.1, 0.15) is 32.6 Å². The topological polar surface area (TPSA) is 36.4 Å². The number of piperazine rings is 1. The van der Waals surface area contributed by atoms with Crippen molar-refractivity contribution in [3.63, 3.8) is 0 Å².